The molecule has 0 heterocycles. The first-order valence-corrected chi connectivity index (χ1v) is 16.3. The van der Waals surface area contributed by atoms with Gasteiger partial charge in [-0.1, -0.05) is 37.3 Å². The molecule has 4 rings (SSSR count). The van der Waals surface area contributed by atoms with E-state index in [0.29, 0.717) is 30.2 Å². The molecule has 0 aromatic carbocycles. The lowest BCUT2D eigenvalue weighted by molar-refractivity contribution is -0.757. The molecular weight excluding hydrogens is 627 g/mol. The summed E-state index contributed by atoms with van der Waals surface area (Å²) in [6, 6.07) is -1.31. The smallest absolute Gasteiger partial charge is 0.329 e. The Bertz CT molecular complexity index is 1370. The number of nitrogens with zero attached hydrogens (tertiary/aromatic N) is 1. The number of carbonyl (C=O) groups excluding carboxylic acids is 5. The minimum absolute atomic E-state index is 0.0691. The normalized spacial score (nSPS) is 36.8. The Balaban J connectivity index is 1.45. The van der Waals surface area contributed by atoms with E-state index in [1.165, 1.54) is 18.2 Å². The summed E-state index contributed by atoms with van der Waals surface area (Å²) < 4.78 is 22.6. The molecule has 9 atom stereocenters. The number of amides is 1. The molecule has 3 fully saturated rings. The number of hydrogen-bond acceptors (Lipinski definition) is 12. The number of aliphatic hydroxyl groups is 2. The highest BCUT2D eigenvalue weighted by Crippen LogP contribution is 2.70. The van der Waals surface area contributed by atoms with Crippen LogP contribution in [0.4, 0.5) is 4.39 Å². The summed E-state index contributed by atoms with van der Waals surface area (Å²) in [7, 11) is 0. The van der Waals surface area contributed by atoms with Crippen molar-refractivity contribution in [3.63, 3.8) is 0 Å². The molecule has 254 valence electrons. The van der Waals surface area contributed by atoms with E-state index >= 15 is 4.39 Å². The molecule has 0 aromatic heterocycles. The SMILES string of the molecule is CC(=O)N[C@@H](CSC(=O)CCCO[N+](=O)[O-])C(=O)OCC(=O)[C@@]1(O)C(C)C[C@H]2[C@@H]3CCC4=CC(=O)C=C[C@]4(C)[C@@]3(F)C(O)C[C@@]21C. The van der Waals surface area contributed by atoms with Crippen molar-refractivity contribution in [2.75, 3.05) is 19.0 Å². The molecule has 0 bridgehead atoms. The molecule has 4 aliphatic carbocycles. The van der Waals surface area contributed by atoms with Crippen molar-refractivity contribution in [2.45, 2.75) is 89.6 Å². The van der Waals surface area contributed by atoms with E-state index in [4.69, 9.17) is 4.74 Å². The first-order chi connectivity index (χ1) is 21.4. The van der Waals surface area contributed by atoms with Crippen molar-refractivity contribution in [3.05, 3.63) is 33.9 Å². The first kappa shape index (κ1) is 35.7. The minimum atomic E-state index is -2.14. The Kier molecular flexibility index (Phi) is 10.2. The standard InChI is InChI=1S/C31H41FN2O11S/c1-17-12-22-21-8-7-19-13-20(36)9-10-28(19,3)30(21,32)24(37)14-29(22,4)31(17,41)25(38)15-44-27(40)23(33-18(2)35)16-46-26(39)6-5-11-45-34(42)43/h9-10,13,17,21-24,37,41H,5-8,11-12,14-16H2,1-4H3,(H,33,35)/t17?,21-,22-,23-,24?,28-,29-,30-,31-/m0/s1. The van der Waals surface area contributed by atoms with E-state index in [0.717, 1.165) is 6.92 Å². The van der Waals surface area contributed by atoms with Gasteiger partial charge in [0.05, 0.1) is 12.7 Å². The number of allylic oxidation sites excluding steroid dienone is 4. The second-order valence-corrected chi connectivity index (χ2v) is 14.4. The van der Waals surface area contributed by atoms with E-state index in [1.807, 2.05) is 0 Å². The Hall–Kier alpha value is -3.17. The molecule has 0 aromatic rings. The van der Waals surface area contributed by atoms with Crippen LogP contribution in [0.1, 0.15) is 66.2 Å². The number of rotatable bonds is 12. The summed E-state index contributed by atoms with van der Waals surface area (Å²) in [5, 5.41) is 34.8. The second-order valence-electron chi connectivity index (χ2n) is 13.3. The molecule has 0 spiro atoms. The average molecular weight is 669 g/mol. The average Bonchev–Trinajstić information content (AvgIpc) is 3.18. The van der Waals surface area contributed by atoms with Crippen LogP contribution in [0.15, 0.2) is 23.8 Å². The van der Waals surface area contributed by atoms with Crippen LogP contribution in [0.3, 0.4) is 0 Å². The van der Waals surface area contributed by atoms with E-state index in [2.05, 4.69) is 10.2 Å². The van der Waals surface area contributed by atoms with Crippen molar-refractivity contribution in [1.82, 2.24) is 5.32 Å². The maximum absolute atomic E-state index is 17.4. The lowest BCUT2D eigenvalue weighted by Crippen LogP contribution is -2.69. The van der Waals surface area contributed by atoms with Crippen LogP contribution < -0.4 is 5.32 Å². The summed E-state index contributed by atoms with van der Waals surface area (Å²) >= 11 is 0.700. The van der Waals surface area contributed by atoms with Crippen LogP contribution in [-0.4, -0.2) is 86.2 Å². The topological polar surface area (TPSA) is 199 Å². The number of ketones is 2. The molecule has 46 heavy (non-hydrogen) atoms. The number of hydrogen-bond donors (Lipinski definition) is 3. The number of fused-ring (bicyclic) bond motifs is 5. The number of nitrogens with one attached hydrogen (secondary N) is 1. The number of aliphatic hydroxyl groups excluding tert-OH is 1. The Morgan fingerprint density at radius 2 is 1.96 bits per heavy atom. The van der Waals surface area contributed by atoms with Crippen LogP contribution in [0, 0.1) is 38.7 Å². The number of thioether (sulfide) groups is 1. The highest BCUT2D eigenvalue weighted by molar-refractivity contribution is 8.13. The monoisotopic (exact) mass is 668 g/mol. The van der Waals surface area contributed by atoms with Gasteiger partial charge in [0.2, 0.25) is 11.7 Å². The molecule has 13 nitrogen and oxygen atoms in total. The third kappa shape index (κ3) is 6.01. The fraction of sp³-hybridized carbons (Fsp3) is 0.710. The van der Waals surface area contributed by atoms with Crippen molar-refractivity contribution < 1.29 is 53.2 Å². The summed E-state index contributed by atoms with van der Waals surface area (Å²) in [5.74, 6) is -4.80. The molecular formula is C31H41FN2O11S. The summed E-state index contributed by atoms with van der Waals surface area (Å²) in [4.78, 5) is 77.1. The maximum atomic E-state index is 17.4. The predicted molar refractivity (Wildman–Crippen MR) is 161 cm³/mol. The van der Waals surface area contributed by atoms with E-state index < -0.39 is 86.5 Å². The minimum Gasteiger partial charge on any atom is -0.456 e. The van der Waals surface area contributed by atoms with Gasteiger partial charge in [-0.05, 0) is 63.0 Å². The van der Waals surface area contributed by atoms with Gasteiger partial charge in [0, 0.05) is 35.8 Å². The lowest BCUT2D eigenvalue weighted by atomic mass is 9.44. The van der Waals surface area contributed by atoms with Gasteiger partial charge in [-0.25, -0.2) is 9.18 Å². The molecule has 0 radical (unpaired) electrons. The van der Waals surface area contributed by atoms with Crippen LogP contribution >= 0.6 is 11.8 Å². The molecule has 2 unspecified atom stereocenters. The number of esters is 1. The molecule has 3 saturated carbocycles. The van der Waals surface area contributed by atoms with E-state index in [-0.39, 0.29) is 43.8 Å². The van der Waals surface area contributed by atoms with Crippen molar-refractivity contribution in [2.24, 2.45) is 28.6 Å². The van der Waals surface area contributed by atoms with Crippen LogP contribution in [0.5, 0.6) is 0 Å². The number of ether oxygens (including phenoxy) is 1. The van der Waals surface area contributed by atoms with Crippen molar-refractivity contribution >= 4 is 40.3 Å². The predicted octanol–water partition coefficient (Wildman–Crippen LogP) is 2.20. The quantitative estimate of drug-likeness (QED) is 0.119. The van der Waals surface area contributed by atoms with Crippen LogP contribution in [0.2, 0.25) is 0 Å². The zero-order valence-corrected chi connectivity index (χ0v) is 27.1. The number of halogens is 1. The third-order valence-electron chi connectivity index (χ3n) is 10.8. The summed E-state index contributed by atoms with van der Waals surface area (Å²) in [6.07, 6.45) is 3.49. The highest BCUT2D eigenvalue weighted by atomic mass is 32.2. The molecule has 4 aliphatic rings. The zero-order valence-electron chi connectivity index (χ0n) is 26.3. The van der Waals surface area contributed by atoms with Gasteiger partial charge in [0.25, 0.3) is 5.09 Å². The molecule has 0 aliphatic heterocycles. The van der Waals surface area contributed by atoms with E-state index in [9.17, 15) is 44.3 Å². The number of Topliss-reactive ketones (excluding diaryl/α,β-unsaturated/α-hetero) is 1. The first-order valence-electron chi connectivity index (χ1n) is 15.3. The Morgan fingerprint density at radius 1 is 1.26 bits per heavy atom. The van der Waals surface area contributed by atoms with E-state index in [1.54, 1.807) is 20.8 Å². The second kappa shape index (κ2) is 13.1. The number of carbonyl (C=O) groups is 5. The van der Waals surface area contributed by atoms with Crippen molar-refractivity contribution in [1.29, 1.82) is 0 Å². The summed E-state index contributed by atoms with van der Waals surface area (Å²) in [5.41, 5.74) is -6.09. The van der Waals surface area contributed by atoms with Gasteiger partial charge in [-0.2, -0.15) is 0 Å². The Morgan fingerprint density at radius 3 is 2.61 bits per heavy atom. The third-order valence-corrected chi connectivity index (χ3v) is 11.8. The fourth-order valence-corrected chi connectivity index (χ4v) is 9.37. The van der Waals surface area contributed by atoms with Crippen molar-refractivity contribution in [3.8, 4) is 0 Å². The van der Waals surface area contributed by atoms with Crippen LogP contribution in [-0.2, 0) is 33.5 Å². The lowest BCUT2D eigenvalue weighted by Gasteiger charge is -2.62. The van der Waals surface area contributed by atoms with Crippen LogP contribution in [0.25, 0.3) is 0 Å². The fourth-order valence-electron chi connectivity index (χ4n) is 8.51. The van der Waals surface area contributed by atoms with Gasteiger partial charge < -0.3 is 25.1 Å². The van der Waals surface area contributed by atoms with Gasteiger partial charge in [-0.15, -0.1) is 10.1 Å². The number of alkyl halides is 1. The maximum Gasteiger partial charge on any atom is 0.329 e. The molecule has 3 N–H and O–H groups in total. The zero-order chi connectivity index (χ0) is 34.2. The largest absolute Gasteiger partial charge is 0.456 e. The van der Waals surface area contributed by atoms with Gasteiger partial charge in [0.1, 0.15) is 11.6 Å². The molecule has 0 saturated heterocycles. The molecule has 1 amide bonds. The Labute approximate surface area is 269 Å². The van der Waals surface area contributed by atoms with Gasteiger partial charge in [-0.3, -0.25) is 19.2 Å². The molecule has 15 heteroatoms. The van der Waals surface area contributed by atoms with Gasteiger partial charge >= 0.3 is 5.97 Å². The van der Waals surface area contributed by atoms with Gasteiger partial charge in [0.15, 0.2) is 23.2 Å². The summed E-state index contributed by atoms with van der Waals surface area (Å²) in [6.45, 7) is 5.03. The highest BCUT2D eigenvalue weighted by Gasteiger charge is 2.75.